The summed E-state index contributed by atoms with van der Waals surface area (Å²) >= 11 is 0. The Morgan fingerprint density at radius 2 is 1.85 bits per heavy atom. The first-order valence-electron chi connectivity index (χ1n) is 12.8. The van der Waals surface area contributed by atoms with E-state index in [2.05, 4.69) is 0 Å². The maximum Gasteiger partial charge on any atom is 0.330 e. The highest BCUT2D eigenvalue weighted by Gasteiger charge is 2.51. The maximum absolute atomic E-state index is 12.1. The summed E-state index contributed by atoms with van der Waals surface area (Å²) in [6.07, 6.45) is -2.05. The van der Waals surface area contributed by atoms with Crippen molar-refractivity contribution in [2.75, 3.05) is 6.61 Å². The third-order valence-corrected chi connectivity index (χ3v) is 7.45. The SMILES string of the molecule is CC1CC(=O)CC(C)(C)[C@@]1(O)C=C[C@@H](C)OC1OC(COC(=O)C=Cc2ccc(O)c(O)c2)C(O)C(O)C1O. The van der Waals surface area contributed by atoms with Crippen LogP contribution in [-0.4, -0.2) is 91.4 Å². The average Bonchev–Trinajstić information content (AvgIpc) is 2.86. The number of esters is 1. The molecule has 2 aliphatic rings. The Balaban J connectivity index is 1.60. The van der Waals surface area contributed by atoms with E-state index in [4.69, 9.17) is 14.2 Å². The summed E-state index contributed by atoms with van der Waals surface area (Å²) in [5, 5.41) is 61.3. The molecule has 0 spiro atoms. The van der Waals surface area contributed by atoms with E-state index in [1.807, 2.05) is 13.8 Å². The minimum Gasteiger partial charge on any atom is -0.504 e. The molecule has 3 rings (SSSR count). The molecule has 216 valence electrons. The van der Waals surface area contributed by atoms with Crippen LogP contribution in [0.3, 0.4) is 0 Å². The molecule has 2 fully saturated rings. The van der Waals surface area contributed by atoms with Crippen molar-refractivity contribution < 1.29 is 54.4 Å². The van der Waals surface area contributed by atoms with Crippen molar-refractivity contribution in [1.82, 2.24) is 0 Å². The van der Waals surface area contributed by atoms with Gasteiger partial charge >= 0.3 is 5.97 Å². The maximum atomic E-state index is 12.1. The Morgan fingerprint density at radius 1 is 1.15 bits per heavy atom. The smallest absolute Gasteiger partial charge is 0.330 e. The van der Waals surface area contributed by atoms with Gasteiger partial charge in [0, 0.05) is 24.3 Å². The van der Waals surface area contributed by atoms with Crippen LogP contribution in [0.25, 0.3) is 6.08 Å². The fraction of sp³-hybridized carbons (Fsp3) is 0.571. The number of carbonyl (C=O) groups is 2. The molecule has 1 heterocycles. The number of aliphatic hydroxyl groups excluding tert-OH is 3. The van der Waals surface area contributed by atoms with E-state index in [1.54, 1.807) is 26.0 Å². The number of ketones is 1. The normalized spacial score (nSPS) is 33.9. The van der Waals surface area contributed by atoms with Crippen molar-refractivity contribution in [3.05, 3.63) is 42.0 Å². The summed E-state index contributed by atoms with van der Waals surface area (Å²) in [7, 11) is 0. The van der Waals surface area contributed by atoms with Crippen LogP contribution in [0.4, 0.5) is 0 Å². The molecule has 0 bridgehead atoms. The van der Waals surface area contributed by atoms with Gasteiger partial charge in [0.15, 0.2) is 17.8 Å². The second-order valence-corrected chi connectivity index (χ2v) is 11.0. The molecule has 39 heavy (non-hydrogen) atoms. The summed E-state index contributed by atoms with van der Waals surface area (Å²) in [5.74, 6) is -1.70. The van der Waals surface area contributed by atoms with Gasteiger partial charge in [-0.2, -0.15) is 0 Å². The van der Waals surface area contributed by atoms with Crippen molar-refractivity contribution in [3.8, 4) is 11.5 Å². The lowest BCUT2D eigenvalue weighted by molar-refractivity contribution is -0.306. The molecule has 1 saturated carbocycles. The highest BCUT2D eigenvalue weighted by Crippen LogP contribution is 2.46. The molecule has 1 aromatic carbocycles. The third-order valence-electron chi connectivity index (χ3n) is 7.45. The van der Waals surface area contributed by atoms with Crippen LogP contribution >= 0.6 is 0 Å². The molecule has 1 aromatic rings. The number of phenolic OH excluding ortho intramolecular Hbond substituents is 2. The zero-order valence-corrected chi connectivity index (χ0v) is 22.4. The molecular formula is C28H38O11. The number of rotatable bonds is 8. The van der Waals surface area contributed by atoms with Crippen LogP contribution in [0, 0.1) is 11.3 Å². The van der Waals surface area contributed by atoms with Crippen LogP contribution < -0.4 is 0 Å². The van der Waals surface area contributed by atoms with Crippen molar-refractivity contribution in [2.24, 2.45) is 11.3 Å². The second kappa shape index (κ2) is 12.2. The summed E-state index contributed by atoms with van der Waals surface area (Å²) < 4.78 is 16.4. The largest absolute Gasteiger partial charge is 0.504 e. The number of phenols is 2. The minimum absolute atomic E-state index is 0.0861. The molecule has 8 atom stereocenters. The summed E-state index contributed by atoms with van der Waals surface area (Å²) in [5.41, 5.74) is -1.55. The number of Topliss-reactive ketones (excluding diaryl/α,β-unsaturated/α-hetero) is 1. The van der Waals surface area contributed by atoms with E-state index in [9.17, 15) is 40.2 Å². The van der Waals surface area contributed by atoms with E-state index in [0.29, 0.717) is 5.56 Å². The predicted octanol–water partition coefficient (Wildman–Crippen LogP) is 1.18. The first kappa shape index (κ1) is 30.7. The molecule has 0 amide bonds. The van der Waals surface area contributed by atoms with Crippen LogP contribution in [0.5, 0.6) is 11.5 Å². The van der Waals surface area contributed by atoms with Crippen LogP contribution in [0.1, 0.15) is 46.1 Å². The molecule has 1 aliphatic heterocycles. The molecule has 0 aromatic heterocycles. The first-order valence-corrected chi connectivity index (χ1v) is 12.8. The summed E-state index contributed by atoms with van der Waals surface area (Å²) in [6, 6.07) is 3.97. The van der Waals surface area contributed by atoms with Crippen molar-refractivity contribution in [2.45, 2.75) is 82.9 Å². The second-order valence-electron chi connectivity index (χ2n) is 11.0. The standard InChI is InChI=1S/C28H38O11/c1-15-11-18(29)13-27(3,4)28(15,36)10-9-16(2)38-26-25(35)24(34)23(33)21(39-26)14-37-22(32)8-6-17-5-7-19(30)20(31)12-17/h5-10,12,15-16,21,23-26,30-31,33-36H,11,13-14H2,1-4H3/t15?,16-,21?,23?,24?,25?,26?,28-/m1/s1. The Bertz CT molecular complexity index is 1100. The quantitative estimate of drug-likeness (QED) is 0.118. The van der Waals surface area contributed by atoms with Gasteiger partial charge in [-0.25, -0.2) is 4.79 Å². The molecule has 11 heteroatoms. The van der Waals surface area contributed by atoms with Gasteiger partial charge in [0.1, 0.15) is 36.8 Å². The zero-order chi connectivity index (χ0) is 29.1. The van der Waals surface area contributed by atoms with Gasteiger partial charge in [-0.1, -0.05) is 39.0 Å². The first-order chi connectivity index (χ1) is 18.1. The molecular weight excluding hydrogens is 512 g/mol. The van der Waals surface area contributed by atoms with Crippen molar-refractivity contribution >= 4 is 17.8 Å². The van der Waals surface area contributed by atoms with Crippen LogP contribution in [-0.2, 0) is 23.8 Å². The van der Waals surface area contributed by atoms with Gasteiger partial charge in [-0.15, -0.1) is 0 Å². The monoisotopic (exact) mass is 550 g/mol. The lowest BCUT2D eigenvalue weighted by Gasteiger charge is -2.48. The van der Waals surface area contributed by atoms with E-state index >= 15 is 0 Å². The van der Waals surface area contributed by atoms with E-state index < -0.39 is 60.4 Å². The van der Waals surface area contributed by atoms with Gasteiger partial charge in [0.2, 0.25) is 0 Å². The lowest BCUT2D eigenvalue weighted by Crippen LogP contribution is -2.59. The van der Waals surface area contributed by atoms with Gasteiger partial charge in [0.05, 0.1) is 11.7 Å². The highest BCUT2D eigenvalue weighted by atomic mass is 16.7. The molecule has 6 unspecified atom stereocenters. The highest BCUT2D eigenvalue weighted by molar-refractivity contribution is 5.87. The molecule has 1 aliphatic carbocycles. The number of aromatic hydroxyl groups is 2. The van der Waals surface area contributed by atoms with Gasteiger partial charge in [-0.3, -0.25) is 4.79 Å². The summed E-state index contributed by atoms with van der Waals surface area (Å²) in [6.45, 7) is 6.62. The Kier molecular flexibility index (Phi) is 9.58. The van der Waals surface area contributed by atoms with Crippen LogP contribution in [0.15, 0.2) is 36.4 Å². The number of benzene rings is 1. The van der Waals surface area contributed by atoms with Gasteiger partial charge in [0.25, 0.3) is 0 Å². The Labute approximate surface area is 226 Å². The summed E-state index contributed by atoms with van der Waals surface area (Å²) in [4.78, 5) is 24.2. The number of hydrogen-bond donors (Lipinski definition) is 6. The predicted molar refractivity (Wildman–Crippen MR) is 138 cm³/mol. The minimum atomic E-state index is -1.65. The average molecular weight is 551 g/mol. The fourth-order valence-corrected chi connectivity index (χ4v) is 4.99. The van der Waals surface area contributed by atoms with E-state index in [0.717, 1.165) is 6.08 Å². The molecule has 6 N–H and O–H groups in total. The molecule has 1 saturated heterocycles. The van der Waals surface area contributed by atoms with Gasteiger partial charge < -0.3 is 44.8 Å². The zero-order valence-electron chi connectivity index (χ0n) is 22.4. The third kappa shape index (κ3) is 7.05. The van der Waals surface area contributed by atoms with Crippen molar-refractivity contribution in [3.63, 3.8) is 0 Å². The Hall–Kier alpha value is -2.80. The van der Waals surface area contributed by atoms with E-state index in [-0.39, 0.29) is 36.0 Å². The number of hydrogen-bond acceptors (Lipinski definition) is 11. The van der Waals surface area contributed by atoms with E-state index in [1.165, 1.54) is 24.3 Å². The Morgan fingerprint density at radius 3 is 2.49 bits per heavy atom. The molecule has 0 radical (unpaired) electrons. The number of carbonyl (C=O) groups excluding carboxylic acids is 2. The van der Waals surface area contributed by atoms with Crippen LogP contribution in [0.2, 0.25) is 0 Å². The van der Waals surface area contributed by atoms with Crippen molar-refractivity contribution in [1.29, 1.82) is 0 Å². The number of aliphatic hydroxyl groups is 4. The fourth-order valence-electron chi connectivity index (χ4n) is 4.99. The number of ether oxygens (including phenoxy) is 3. The topological polar surface area (TPSA) is 183 Å². The lowest BCUT2D eigenvalue weighted by atomic mass is 9.60. The molecule has 11 nitrogen and oxygen atoms in total. The van der Waals surface area contributed by atoms with Gasteiger partial charge in [-0.05, 0) is 36.6 Å².